The van der Waals surface area contributed by atoms with Gasteiger partial charge in [0.2, 0.25) is 11.8 Å². The Morgan fingerprint density at radius 1 is 0.934 bits per heavy atom. The molecule has 318 valence electrons. The van der Waals surface area contributed by atoms with Crippen molar-refractivity contribution in [3.8, 4) is 11.8 Å². The van der Waals surface area contributed by atoms with Gasteiger partial charge in [-0.05, 0) is 82.1 Å². The maximum Gasteiger partial charge on any atom is 0.260 e. The predicted molar refractivity (Wildman–Crippen MR) is 232 cm³/mol. The first-order chi connectivity index (χ1) is 29.5. The largest absolute Gasteiger partial charge is 0.354 e. The number of fused-ring (bicyclic) bond motifs is 2. The highest BCUT2D eigenvalue weighted by Gasteiger charge is 2.39. The number of nitrogens with one attached hydrogen (secondary N) is 3. The number of nitrogens with zero attached hydrogens (tertiary/aromatic N) is 9. The Hall–Kier alpha value is -6.02. The van der Waals surface area contributed by atoms with Crippen LogP contribution in [0.2, 0.25) is 0 Å². The van der Waals surface area contributed by atoms with Crippen LogP contribution in [0.5, 0.6) is 0 Å². The smallest absolute Gasteiger partial charge is 0.260 e. The molecule has 16 nitrogen and oxygen atoms in total. The number of piperazine rings is 1. The molecule has 0 aliphatic carbocycles. The Morgan fingerprint density at radius 3 is 2.48 bits per heavy atom. The summed E-state index contributed by atoms with van der Waals surface area (Å²) in [7, 11) is 2.11. The van der Waals surface area contributed by atoms with Crippen LogP contribution in [0.25, 0.3) is 0 Å². The zero-order valence-electron chi connectivity index (χ0n) is 35.2. The number of rotatable bonds is 12. The summed E-state index contributed by atoms with van der Waals surface area (Å²) in [5, 5.41) is 18.6. The Bertz CT molecular complexity index is 2310. The fraction of sp³-hybridized carbons (Fsp3) is 0.467. The van der Waals surface area contributed by atoms with Gasteiger partial charge in [-0.2, -0.15) is 0 Å². The van der Waals surface area contributed by atoms with E-state index in [-0.39, 0.29) is 30.0 Å². The molecule has 3 saturated heterocycles. The van der Waals surface area contributed by atoms with Crippen molar-refractivity contribution >= 4 is 47.4 Å². The second-order valence-corrected chi connectivity index (χ2v) is 16.6. The molecule has 2 atom stereocenters. The lowest BCUT2D eigenvalue weighted by Crippen LogP contribution is -2.52. The molecule has 0 saturated carbocycles. The van der Waals surface area contributed by atoms with Crippen LogP contribution in [-0.4, -0.2) is 148 Å². The summed E-state index contributed by atoms with van der Waals surface area (Å²) in [6, 6.07) is 12.6. The number of anilines is 2. The SMILES string of the molecule is CCN(C=N)C(=N)c1cccc(N2Cc3c(cc(N4CCC[C@H]4C)nc3CN(C)CCN3CCN(CC#Cc4ccc5c(c4)CN(C4CCC(=O)NC4=O)C5=O)CC3)C2=O)n1. The van der Waals surface area contributed by atoms with Crippen LogP contribution in [0.4, 0.5) is 11.6 Å². The number of imide groups is 1. The third-order valence-electron chi connectivity index (χ3n) is 12.6. The summed E-state index contributed by atoms with van der Waals surface area (Å²) in [5.41, 5.74) is 5.16. The van der Waals surface area contributed by atoms with Crippen molar-refractivity contribution in [3.63, 3.8) is 0 Å². The quantitative estimate of drug-likeness (QED) is 0.106. The van der Waals surface area contributed by atoms with Crippen LogP contribution in [-0.2, 0) is 29.2 Å². The van der Waals surface area contributed by atoms with Gasteiger partial charge in [0.1, 0.15) is 23.4 Å². The molecule has 16 heteroatoms. The highest BCUT2D eigenvalue weighted by atomic mass is 16.2. The number of carbonyl (C=O) groups excluding carboxylic acids is 4. The Balaban J connectivity index is 0.858. The molecule has 5 aliphatic rings. The van der Waals surface area contributed by atoms with Gasteiger partial charge >= 0.3 is 0 Å². The molecule has 2 aromatic heterocycles. The minimum Gasteiger partial charge on any atom is -0.354 e. The molecule has 0 radical (unpaired) electrons. The summed E-state index contributed by atoms with van der Waals surface area (Å²) >= 11 is 0. The fourth-order valence-electron chi connectivity index (χ4n) is 8.98. The van der Waals surface area contributed by atoms with E-state index in [4.69, 9.17) is 20.8 Å². The van der Waals surface area contributed by atoms with E-state index < -0.39 is 11.9 Å². The van der Waals surface area contributed by atoms with Crippen molar-refractivity contribution in [1.29, 1.82) is 10.8 Å². The van der Waals surface area contributed by atoms with Gasteiger partial charge in [0.05, 0.1) is 30.7 Å². The number of amides is 4. The Kier molecular flexibility index (Phi) is 12.2. The van der Waals surface area contributed by atoms with E-state index >= 15 is 0 Å². The first-order valence-electron chi connectivity index (χ1n) is 21.4. The van der Waals surface area contributed by atoms with Gasteiger partial charge in [-0.25, -0.2) is 9.97 Å². The molecule has 8 rings (SSSR count). The van der Waals surface area contributed by atoms with Crippen LogP contribution in [0.1, 0.15) is 88.3 Å². The van der Waals surface area contributed by atoms with E-state index in [9.17, 15) is 19.2 Å². The zero-order chi connectivity index (χ0) is 42.8. The maximum absolute atomic E-state index is 14.1. The molecule has 1 aromatic carbocycles. The number of carbonyl (C=O) groups is 4. The maximum atomic E-state index is 14.1. The fourth-order valence-corrected chi connectivity index (χ4v) is 8.98. The molecule has 3 N–H and O–H groups in total. The summed E-state index contributed by atoms with van der Waals surface area (Å²) in [6.45, 7) is 12.8. The van der Waals surface area contributed by atoms with Gasteiger partial charge in [-0.15, -0.1) is 0 Å². The van der Waals surface area contributed by atoms with Gasteiger partial charge in [0.25, 0.3) is 11.8 Å². The van der Waals surface area contributed by atoms with E-state index in [0.717, 1.165) is 93.2 Å². The van der Waals surface area contributed by atoms with Crippen LogP contribution < -0.4 is 15.1 Å². The lowest BCUT2D eigenvalue weighted by Gasteiger charge is -2.34. The van der Waals surface area contributed by atoms with E-state index in [0.29, 0.717) is 67.8 Å². The van der Waals surface area contributed by atoms with Crippen molar-refractivity contribution in [2.75, 3.05) is 75.8 Å². The first kappa shape index (κ1) is 41.7. The lowest BCUT2D eigenvalue weighted by molar-refractivity contribution is -0.136. The molecule has 3 fully saturated rings. The van der Waals surface area contributed by atoms with Crippen molar-refractivity contribution < 1.29 is 19.2 Å². The second kappa shape index (κ2) is 17.9. The number of aromatic nitrogens is 2. The van der Waals surface area contributed by atoms with Gasteiger partial charge in [0, 0.05) is 94.6 Å². The molecule has 7 heterocycles. The number of hydrogen-bond acceptors (Lipinski definition) is 12. The Labute approximate surface area is 356 Å². The summed E-state index contributed by atoms with van der Waals surface area (Å²) in [4.78, 5) is 75.3. The lowest BCUT2D eigenvalue weighted by atomic mass is 10.0. The number of amidine groups is 1. The minimum absolute atomic E-state index is 0.114. The van der Waals surface area contributed by atoms with Crippen LogP contribution >= 0.6 is 0 Å². The van der Waals surface area contributed by atoms with Crippen LogP contribution in [0.15, 0.2) is 42.5 Å². The molecule has 61 heavy (non-hydrogen) atoms. The van der Waals surface area contributed by atoms with E-state index in [1.54, 1.807) is 34.1 Å². The highest BCUT2D eigenvalue weighted by molar-refractivity contribution is 6.10. The number of benzene rings is 1. The van der Waals surface area contributed by atoms with Crippen LogP contribution in [0.3, 0.4) is 0 Å². The molecule has 1 unspecified atom stereocenters. The van der Waals surface area contributed by atoms with Crippen molar-refractivity contribution in [2.45, 2.75) is 71.2 Å². The summed E-state index contributed by atoms with van der Waals surface area (Å²) in [6.07, 6.45) is 3.87. The predicted octanol–water partition coefficient (Wildman–Crippen LogP) is 2.74. The monoisotopic (exact) mass is 826 g/mol. The van der Waals surface area contributed by atoms with E-state index in [2.05, 4.69) is 50.7 Å². The van der Waals surface area contributed by atoms with E-state index in [1.165, 1.54) is 4.90 Å². The van der Waals surface area contributed by atoms with Gasteiger partial charge in [-0.3, -0.25) is 54.9 Å². The number of piperidine rings is 1. The first-order valence-corrected chi connectivity index (χ1v) is 21.4. The number of hydrogen-bond donors (Lipinski definition) is 3. The van der Waals surface area contributed by atoms with Crippen molar-refractivity contribution in [3.05, 3.63) is 81.7 Å². The minimum atomic E-state index is -0.632. The van der Waals surface area contributed by atoms with Crippen molar-refractivity contribution in [2.24, 2.45) is 0 Å². The molecule has 3 aromatic rings. The second-order valence-electron chi connectivity index (χ2n) is 16.6. The van der Waals surface area contributed by atoms with E-state index in [1.807, 2.05) is 25.1 Å². The molecule has 5 aliphatic heterocycles. The van der Waals surface area contributed by atoms with Gasteiger partial charge < -0.3 is 14.7 Å². The topological polar surface area (TPSA) is 176 Å². The summed E-state index contributed by atoms with van der Waals surface area (Å²) in [5.74, 6) is 7.02. The zero-order valence-corrected chi connectivity index (χ0v) is 35.2. The molecular formula is C45H54N12O4. The Morgan fingerprint density at radius 2 is 1.74 bits per heavy atom. The third kappa shape index (κ3) is 8.77. The molecule has 4 amide bonds. The molecule has 0 bridgehead atoms. The average Bonchev–Trinajstić information content (AvgIpc) is 3.95. The highest BCUT2D eigenvalue weighted by Crippen LogP contribution is 2.34. The van der Waals surface area contributed by atoms with Gasteiger partial charge in [-0.1, -0.05) is 17.9 Å². The number of pyridine rings is 2. The number of likely N-dealkylation sites (N-methyl/N-ethyl adjacent to an activating group) is 1. The third-order valence-corrected chi connectivity index (χ3v) is 12.6. The molecule has 0 spiro atoms. The van der Waals surface area contributed by atoms with Crippen molar-refractivity contribution in [1.82, 2.24) is 39.8 Å². The van der Waals surface area contributed by atoms with Crippen LogP contribution in [0, 0.1) is 22.7 Å². The standard InChI is InChI=1S/C45H54N12O4/c1-4-54(29-46)42(47)36-10-5-11-39(48-36)57-27-35-34(45(57)61)25-40(55-17-6-8-30(55)2)49-37(35)28-51(3)18-19-53-22-20-52(21-23-53)16-7-9-31-12-13-33-32(24-31)26-56(44(33)60)38-14-15-41(58)50-43(38)59/h5,10-13,24-25,29-30,38,46-47H,4,6,8,14-23,26-28H2,1-3H3,(H,50,58,59)/t30-,38?/m1/s1. The normalized spacial score (nSPS) is 20.5. The van der Waals surface area contributed by atoms with Gasteiger partial charge in [0.15, 0.2) is 5.84 Å². The summed E-state index contributed by atoms with van der Waals surface area (Å²) < 4.78 is 0. The molecular weight excluding hydrogens is 773 g/mol. The average molecular weight is 827 g/mol.